The van der Waals surface area contributed by atoms with E-state index in [2.05, 4.69) is 73.6 Å². The summed E-state index contributed by atoms with van der Waals surface area (Å²) in [6.07, 6.45) is 4.09. The highest BCUT2D eigenvalue weighted by Gasteiger charge is 2.14. The number of halogens is 1. The van der Waals surface area contributed by atoms with Crippen LogP contribution in [0.5, 0.6) is 0 Å². The van der Waals surface area contributed by atoms with Crippen LogP contribution in [0.1, 0.15) is 44.2 Å². The van der Waals surface area contributed by atoms with E-state index >= 15 is 0 Å². The van der Waals surface area contributed by atoms with Crippen molar-refractivity contribution in [2.45, 2.75) is 39.2 Å². The molecule has 1 atom stereocenters. The van der Waals surface area contributed by atoms with E-state index in [4.69, 9.17) is 5.26 Å². The number of unbranched alkanes of at least 4 members (excludes halogenated alkanes) is 1. The third-order valence-corrected chi connectivity index (χ3v) is 5.35. The van der Waals surface area contributed by atoms with E-state index in [-0.39, 0.29) is 11.9 Å². The van der Waals surface area contributed by atoms with Gasteiger partial charge in [0, 0.05) is 48.1 Å². The molecule has 0 saturated carbocycles. The zero-order valence-electron chi connectivity index (χ0n) is 18.6. The van der Waals surface area contributed by atoms with E-state index in [0.29, 0.717) is 30.3 Å². The number of carbonyl (C=O) groups is 1. The number of nitrogens with one attached hydrogen (secondary N) is 3. The molecule has 9 heteroatoms. The normalized spacial score (nSPS) is 11.1. The van der Waals surface area contributed by atoms with Crippen molar-refractivity contribution in [2.75, 3.05) is 30.8 Å². The van der Waals surface area contributed by atoms with Crippen LogP contribution < -0.4 is 16.0 Å². The van der Waals surface area contributed by atoms with Crippen molar-refractivity contribution >= 4 is 46.2 Å². The summed E-state index contributed by atoms with van der Waals surface area (Å²) in [7, 11) is 1.87. The van der Waals surface area contributed by atoms with Crippen molar-refractivity contribution in [1.29, 1.82) is 5.26 Å². The summed E-state index contributed by atoms with van der Waals surface area (Å²) in [5.74, 6) is 7.42. The lowest BCUT2D eigenvalue weighted by Gasteiger charge is -2.16. The second kappa shape index (κ2) is 13.5. The minimum atomic E-state index is -0.164. The summed E-state index contributed by atoms with van der Waals surface area (Å²) in [4.78, 5) is 20.9. The number of carbonyl (C=O) groups excluding carboxylic acids is 1. The number of likely N-dealkylation sites (N-methyl/N-ethyl adjacent to an activating group) is 1. The van der Waals surface area contributed by atoms with Gasteiger partial charge >= 0.3 is 0 Å². The quantitative estimate of drug-likeness (QED) is 0.180. The molecular weight excluding hydrogens is 517 g/mol. The molecule has 1 aromatic carbocycles. The van der Waals surface area contributed by atoms with E-state index < -0.39 is 0 Å². The van der Waals surface area contributed by atoms with Crippen LogP contribution in [0, 0.1) is 23.2 Å². The summed E-state index contributed by atoms with van der Waals surface area (Å²) in [5.41, 5.74) is 2.13. The molecule has 0 aliphatic heterocycles. The molecule has 1 amide bonds. The van der Waals surface area contributed by atoms with Crippen molar-refractivity contribution in [1.82, 2.24) is 18.4 Å². The van der Waals surface area contributed by atoms with Crippen LogP contribution in [-0.2, 0) is 4.79 Å². The Balaban J connectivity index is 1.97. The summed E-state index contributed by atoms with van der Waals surface area (Å²) >= 11 is 2.10. The van der Waals surface area contributed by atoms with Crippen molar-refractivity contribution in [3.8, 4) is 17.9 Å². The van der Waals surface area contributed by atoms with Gasteiger partial charge in [-0.2, -0.15) is 10.2 Å². The lowest BCUT2D eigenvalue weighted by Crippen LogP contribution is -2.39. The van der Waals surface area contributed by atoms with Crippen LogP contribution in [0.2, 0.25) is 0 Å². The highest BCUT2D eigenvalue weighted by atomic mass is 127. The Morgan fingerprint density at radius 3 is 2.69 bits per heavy atom. The van der Waals surface area contributed by atoms with Crippen molar-refractivity contribution in [2.24, 2.45) is 0 Å². The predicted molar refractivity (Wildman–Crippen MR) is 136 cm³/mol. The van der Waals surface area contributed by atoms with E-state index in [9.17, 15) is 4.79 Å². The molecule has 2 rings (SSSR count). The summed E-state index contributed by atoms with van der Waals surface area (Å²) in [6.45, 7) is 5.32. The van der Waals surface area contributed by atoms with Gasteiger partial charge < -0.3 is 16.0 Å². The topological polar surface area (TPSA) is 106 Å². The number of aromatic nitrogens is 2. The average molecular weight is 545 g/mol. The Kier molecular flexibility index (Phi) is 10.7. The van der Waals surface area contributed by atoms with Crippen molar-refractivity contribution < 1.29 is 4.79 Å². The van der Waals surface area contributed by atoms with Crippen LogP contribution in [0.15, 0.2) is 30.5 Å². The Bertz CT molecular complexity index is 990. The molecule has 1 heterocycles. The number of hydrogen-bond acceptors (Lipinski definition) is 7. The monoisotopic (exact) mass is 545 g/mol. The van der Waals surface area contributed by atoms with Gasteiger partial charge in [-0.15, -0.1) is 0 Å². The number of anilines is 3. The number of nitrogens with zero attached hydrogens (tertiary/aromatic N) is 4. The lowest BCUT2D eigenvalue weighted by molar-refractivity contribution is -0.123. The molecule has 0 spiro atoms. The third kappa shape index (κ3) is 8.33. The van der Waals surface area contributed by atoms with Gasteiger partial charge in [-0.25, -0.2) is 8.10 Å². The summed E-state index contributed by atoms with van der Waals surface area (Å²) < 4.78 is 1.84. The zero-order valence-corrected chi connectivity index (χ0v) is 20.7. The van der Waals surface area contributed by atoms with E-state index in [1.807, 2.05) is 29.2 Å². The molecule has 8 nitrogen and oxygen atoms in total. The lowest BCUT2D eigenvalue weighted by atomic mass is 10.2. The predicted octanol–water partition coefficient (Wildman–Crippen LogP) is 3.83. The number of amides is 1. The van der Waals surface area contributed by atoms with Crippen molar-refractivity contribution in [3.63, 3.8) is 0 Å². The second-order valence-corrected chi connectivity index (χ2v) is 8.62. The Morgan fingerprint density at radius 2 is 2.03 bits per heavy atom. The van der Waals surface area contributed by atoms with Gasteiger partial charge in [0.2, 0.25) is 11.9 Å². The molecule has 0 fully saturated rings. The average Bonchev–Trinajstić information content (AvgIpc) is 2.80. The van der Waals surface area contributed by atoms with Crippen LogP contribution in [0.25, 0.3) is 0 Å². The molecule has 32 heavy (non-hydrogen) atoms. The molecular formula is C23H28IN7O. The molecule has 0 saturated heterocycles. The van der Waals surface area contributed by atoms with Crippen LogP contribution in [0.3, 0.4) is 0 Å². The largest absolute Gasteiger partial charge is 0.369 e. The molecule has 0 unspecified atom stereocenters. The Hall–Kier alpha value is -2.89. The van der Waals surface area contributed by atoms with Gasteiger partial charge in [0.25, 0.3) is 0 Å². The molecule has 2 aromatic rings. The van der Waals surface area contributed by atoms with E-state index in [1.165, 1.54) is 0 Å². The van der Waals surface area contributed by atoms with Crippen LogP contribution in [-0.4, -0.2) is 45.2 Å². The number of hydrogen-bond donors (Lipinski definition) is 3. The zero-order chi connectivity index (χ0) is 23.3. The Morgan fingerprint density at radius 1 is 1.28 bits per heavy atom. The first-order chi connectivity index (χ1) is 15.4. The summed E-state index contributed by atoms with van der Waals surface area (Å²) in [5, 5.41) is 18.3. The first kappa shape index (κ1) is 25.4. The number of rotatable bonds is 10. The highest BCUT2D eigenvalue weighted by Crippen LogP contribution is 2.17. The van der Waals surface area contributed by atoms with E-state index in [1.54, 1.807) is 18.3 Å². The highest BCUT2D eigenvalue weighted by molar-refractivity contribution is 14.1. The maximum Gasteiger partial charge on any atom is 0.237 e. The van der Waals surface area contributed by atoms with Crippen molar-refractivity contribution in [3.05, 3.63) is 41.6 Å². The molecule has 3 N–H and O–H groups in total. The molecule has 0 radical (unpaired) electrons. The minimum absolute atomic E-state index is 0.0136. The Labute approximate surface area is 203 Å². The first-order valence-corrected chi connectivity index (χ1v) is 11.4. The van der Waals surface area contributed by atoms with Crippen LogP contribution >= 0.6 is 22.9 Å². The molecule has 168 valence electrons. The third-order valence-electron chi connectivity index (χ3n) is 4.52. The number of benzene rings is 1. The maximum absolute atomic E-state index is 11.9. The molecule has 0 aliphatic rings. The van der Waals surface area contributed by atoms with Gasteiger partial charge in [0.05, 0.1) is 29.4 Å². The van der Waals surface area contributed by atoms with Gasteiger partial charge in [0.1, 0.15) is 5.82 Å². The fraction of sp³-hybridized carbons (Fsp3) is 0.391. The molecule has 1 aromatic heterocycles. The van der Waals surface area contributed by atoms with Gasteiger partial charge in [-0.3, -0.25) is 4.79 Å². The standard InChI is InChI=1S/C23H28IN7O/c1-4-13-26-21-19(8-6-5-7-14-27-22(32)17(2)31(3)24)16-28-23(30-21)29-20-11-9-18(15-25)10-12-20/h9-12,16-17H,4-5,7,13-14H2,1-3H3,(H,27,32)(H2,26,28,29,30)/t17-/m0/s1. The summed E-state index contributed by atoms with van der Waals surface area (Å²) in [6, 6.07) is 9.03. The second-order valence-electron chi connectivity index (χ2n) is 7.09. The van der Waals surface area contributed by atoms with Gasteiger partial charge in [-0.05, 0) is 51.1 Å². The molecule has 0 bridgehead atoms. The SMILES string of the molecule is CCCNc1nc(Nc2ccc(C#N)cc2)ncc1C#CCCCNC(=O)[C@H](C)N(C)I. The fourth-order valence-electron chi connectivity index (χ4n) is 2.52. The first-order valence-electron chi connectivity index (χ1n) is 10.5. The molecule has 0 aliphatic carbocycles. The number of nitriles is 1. The van der Waals surface area contributed by atoms with Crippen LogP contribution in [0.4, 0.5) is 17.5 Å². The van der Waals surface area contributed by atoms with E-state index in [0.717, 1.165) is 30.6 Å². The minimum Gasteiger partial charge on any atom is -0.369 e. The smallest absolute Gasteiger partial charge is 0.237 e. The maximum atomic E-state index is 11.9. The van der Waals surface area contributed by atoms with Gasteiger partial charge in [0.15, 0.2) is 0 Å². The van der Waals surface area contributed by atoms with Gasteiger partial charge in [-0.1, -0.05) is 18.8 Å². The fourth-order valence-corrected chi connectivity index (χ4v) is 2.78.